The number of carbonyl (C=O) groups is 1. The standard InChI is InChI=1S/C13H21NO/c1-5-6-7-14-9-11(13(2,3)4)8-12(14)10-15/h8-10H,5-7H2,1-4H3. The first-order valence-corrected chi connectivity index (χ1v) is 5.65. The van der Waals surface area contributed by atoms with E-state index in [0.29, 0.717) is 0 Å². The summed E-state index contributed by atoms with van der Waals surface area (Å²) in [6, 6.07) is 2.00. The summed E-state index contributed by atoms with van der Waals surface area (Å²) in [5, 5.41) is 0. The molecule has 2 nitrogen and oxygen atoms in total. The maximum atomic E-state index is 10.9. The minimum absolute atomic E-state index is 0.120. The van der Waals surface area contributed by atoms with Crippen LogP contribution in [0.3, 0.4) is 0 Å². The van der Waals surface area contributed by atoms with E-state index in [0.717, 1.165) is 31.4 Å². The molecule has 1 rings (SSSR count). The van der Waals surface area contributed by atoms with E-state index >= 15 is 0 Å². The van der Waals surface area contributed by atoms with Crippen LogP contribution in [0.5, 0.6) is 0 Å². The summed E-state index contributed by atoms with van der Waals surface area (Å²) < 4.78 is 2.07. The van der Waals surface area contributed by atoms with E-state index in [2.05, 4.69) is 38.5 Å². The summed E-state index contributed by atoms with van der Waals surface area (Å²) in [5.74, 6) is 0. The fourth-order valence-electron chi connectivity index (χ4n) is 1.56. The molecule has 1 heterocycles. The molecule has 1 aromatic rings. The molecule has 0 aromatic carbocycles. The van der Waals surface area contributed by atoms with Gasteiger partial charge in [0.2, 0.25) is 0 Å². The van der Waals surface area contributed by atoms with Crippen molar-refractivity contribution in [2.45, 2.75) is 52.5 Å². The van der Waals surface area contributed by atoms with Crippen LogP contribution in [0.4, 0.5) is 0 Å². The molecule has 0 aliphatic carbocycles. The van der Waals surface area contributed by atoms with Crippen molar-refractivity contribution in [3.8, 4) is 0 Å². The van der Waals surface area contributed by atoms with Gasteiger partial charge in [-0.05, 0) is 23.5 Å². The van der Waals surface area contributed by atoms with Gasteiger partial charge in [-0.2, -0.15) is 0 Å². The molecule has 2 heteroatoms. The second-order valence-corrected chi connectivity index (χ2v) is 5.07. The maximum Gasteiger partial charge on any atom is 0.166 e. The Morgan fingerprint density at radius 1 is 1.40 bits per heavy atom. The highest BCUT2D eigenvalue weighted by molar-refractivity contribution is 5.73. The molecule has 0 aliphatic rings. The monoisotopic (exact) mass is 207 g/mol. The highest BCUT2D eigenvalue weighted by Gasteiger charge is 2.17. The molecule has 0 spiro atoms. The third-order valence-electron chi connectivity index (χ3n) is 2.67. The third kappa shape index (κ3) is 2.95. The Balaban J connectivity index is 2.95. The van der Waals surface area contributed by atoms with Gasteiger partial charge in [0.05, 0.1) is 5.69 Å². The Labute approximate surface area is 92.3 Å². The Bertz CT molecular complexity index is 331. The van der Waals surface area contributed by atoms with E-state index < -0.39 is 0 Å². The molecule has 0 radical (unpaired) electrons. The SMILES string of the molecule is CCCCn1cc(C(C)(C)C)cc1C=O. The van der Waals surface area contributed by atoms with Crippen LogP contribution >= 0.6 is 0 Å². The van der Waals surface area contributed by atoms with Crippen molar-refractivity contribution in [1.29, 1.82) is 0 Å². The lowest BCUT2D eigenvalue weighted by molar-refractivity contribution is 0.111. The van der Waals surface area contributed by atoms with E-state index in [9.17, 15) is 4.79 Å². The second kappa shape index (κ2) is 4.65. The molecule has 84 valence electrons. The molecule has 1 aromatic heterocycles. The van der Waals surface area contributed by atoms with Gasteiger partial charge in [-0.15, -0.1) is 0 Å². The highest BCUT2D eigenvalue weighted by atomic mass is 16.1. The maximum absolute atomic E-state index is 10.9. The van der Waals surface area contributed by atoms with Gasteiger partial charge in [-0.25, -0.2) is 0 Å². The number of carbonyl (C=O) groups excluding carboxylic acids is 1. The zero-order valence-corrected chi connectivity index (χ0v) is 10.2. The average Bonchev–Trinajstić information content (AvgIpc) is 2.57. The number of aryl methyl sites for hydroxylation is 1. The highest BCUT2D eigenvalue weighted by Crippen LogP contribution is 2.24. The van der Waals surface area contributed by atoms with Crippen molar-refractivity contribution in [2.75, 3.05) is 0 Å². The predicted octanol–water partition coefficient (Wildman–Crippen LogP) is 3.40. The van der Waals surface area contributed by atoms with E-state index in [4.69, 9.17) is 0 Å². The summed E-state index contributed by atoms with van der Waals surface area (Å²) >= 11 is 0. The number of hydrogen-bond donors (Lipinski definition) is 0. The lowest BCUT2D eigenvalue weighted by atomic mass is 9.89. The van der Waals surface area contributed by atoms with Gasteiger partial charge in [-0.3, -0.25) is 4.79 Å². The van der Waals surface area contributed by atoms with Crippen LogP contribution in [0.2, 0.25) is 0 Å². The third-order valence-corrected chi connectivity index (χ3v) is 2.67. The molecule has 0 amide bonds. The van der Waals surface area contributed by atoms with E-state index in [-0.39, 0.29) is 5.41 Å². The first-order valence-electron chi connectivity index (χ1n) is 5.65. The van der Waals surface area contributed by atoms with Crippen LogP contribution in [0, 0.1) is 0 Å². The average molecular weight is 207 g/mol. The fraction of sp³-hybridized carbons (Fsp3) is 0.615. The predicted molar refractivity (Wildman–Crippen MR) is 63.4 cm³/mol. The number of aromatic nitrogens is 1. The summed E-state index contributed by atoms with van der Waals surface area (Å²) in [6.45, 7) is 9.61. The van der Waals surface area contributed by atoms with Crippen LogP contribution in [-0.2, 0) is 12.0 Å². The Hall–Kier alpha value is -1.05. The molecule has 0 atom stereocenters. The van der Waals surface area contributed by atoms with Gasteiger partial charge >= 0.3 is 0 Å². The smallest absolute Gasteiger partial charge is 0.166 e. The van der Waals surface area contributed by atoms with E-state index in [1.807, 2.05) is 6.07 Å². The topological polar surface area (TPSA) is 22.0 Å². The Morgan fingerprint density at radius 3 is 2.53 bits per heavy atom. The Kier molecular flexibility index (Phi) is 3.72. The Morgan fingerprint density at radius 2 is 2.07 bits per heavy atom. The number of hydrogen-bond acceptors (Lipinski definition) is 1. The zero-order chi connectivity index (χ0) is 11.5. The fourth-order valence-corrected chi connectivity index (χ4v) is 1.56. The molecule has 0 bridgehead atoms. The summed E-state index contributed by atoms with van der Waals surface area (Å²) in [5.41, 5.74) is 2.16. The molecule has 0 unspecified atom stereocenters. The number of unbranched alkanes of at least 4 members (excludes halogenated alkanes) is 1. The van der Waals surface area contributed by atoms with Gasteiger partial charge in [0.25, 0.3) is 0 Å². The normalized spacial score (nSPS) is 11.7. The van der Waals surface area contributed by atoms with Crippen molar-refractivity contribution < 1.29 is 4.79 Å². The van der Waals surface area contributed by atoms with Gasteiger partial charge in [0.1, 0.15) is 0 Å². The van der Waals surface area contributed by atoms with Crippen molar-refractivity contribution >= 4 is 6.29 Å². The molecular weight excluding hydrogens is 186 g/mol. The number of nitrogens with zero attached hydrogens (tertiary/aromatic N) is 1. The second-order valence-electron chi connectivity index (χ2n) is 5.07. The minimum Gasteiger partial charge on any atom is -0.345 e. The largest absolute Gasteiger partial charge is 0.345 e. The molecule has 0 aliphatic heterocycles. The quantitative estimate of drug-likeness (QED) is 0.694. The van der Waals surface area contributed by atoms with Crippen LogP contribution in [-0.4, -0.2) is 10.9 Å². The molecule has 0 saturated carbocycles. The van der Waals surface area contributed by atoms with Crippen molar-refractivity contribution in [1.82, 2.24) is 4.57 Å². The van der Waals surface area contributed by atoms with Crippen molar-refractivity contribution in [3.05, 3.63) is 23.5 Å². The van der Waals surface area contributed by atoms with Gasteiger partial charge in [0, 0.05) is 12.7 Å². The lowest BCUT2D eigenvalue weighted by Gasteiger charge is -2.15. The number of rotatable bonds is 4. The molecule has 0 fully saturated rings. The zero-order valence-electron chi connectivity index (χ0n) is 10.2. The molecular formula is C13H21NO. The van der Waals surface area contributed by atoms with Gasteiger partial charge in [-0.1, -0.05) is 34.1 Å². The first kappa shape index (κ1) is 12.0. The van der Waals surface area contributed by atoms with Crippen LogP contribution in [0.15, 0.2) is 12.3 Å². The summed E-state index contributed by atoms with van der Waals surface area (Å²) in [6.07, 6.45) is 5.34. The minimum atomic E-state index is 0.120. The van der Waals surface area contributed by atoms with Crippen LogP contribution in [0.1, 0.15) is 56.6 Å². The van der Waals surface area contributed by atoms with Crippen LogP contribution < -0.4 is 0 Å². The molecule has 15 heavy (non-hydrogen) atoms. The van der Waals surface area contributed by atoms with E-state index in [1.165, 1.54) is 5.56 Å². The van der Waals surface area contributed by atoms with Crippen LogP contribution in [0.25, 0.3) is 0 Å². The van der Waals surface area contributed by atoms with E-state index in [1.54, 1.807) is 0 Å². The first-order chi connectivity index (χ1) is 6.99. The summed E-state index contributed by atoms with van der Waals surface area (Å²) in [7, 11) is 0. The van der Waals surface area contributed by atoms with Gasteiger partial charge < -0.3 is 4.57 Å². The summed E-state index contributed by atoms with van der Waals surface area (Å²) in [4.78, 5) is 10.9. The molecule has 0 saturated heterocycles. The number of aldehydes is 1. The molecule has 0 N–H and O–H groups in total. The van der Waals surface area contributed by atoms with Crippen molar-refractivity contribution in [3.63, 3.8) is 0 Å². The lowest BCUT2D eigenvalue weighted by Crippen LogP contribution is -2.09. The van der Waals surface area contributed by atoms with Crippen molar-refractivity contribution in [2.24, 2.45) is 0 Å². The van der Waals surface area contributed by atoms with Gasteiger partial charge in [0.15, 0.2) is 6.29 Å².